The van der Waals surface area contributed by atoms with Crippen molar-refractivity contribution in [2.45, 2.75) is 53.5 Å². The molecule has 0 aliphatic carbocycles. The lowest BCUT2D eigenvalue weighted by Crippen LogP contribution is -2.26. The number of likely N-dealkylation sites (N-methyl/N-ethyl adjacent to an activating group) is 1. The van der Waals surface area contributed by atoms with Crippen LogP contribution in [0.4, 0.5) is 0 Å². The van der Waals surface area contributed by atoms with Crippen molar-refractivity contribution in [3.63, 3.8) is 0 Å². The fraction of sp³-hybridized carbons (Fsp3) is 0.667. The molecule has 0 spiro atoms. The third-order valence-electron chi connectivity index (χ3n) is 3.57. The topological polar surface area (TPSA) is 21.3 Å². The number of aryl methyl sites for hydroxylation is 2. The molecule has 20 heavy (non-hydrogen) atoms. The summed E-state index contributed by atoms with van der Waals surface area (Å²) in [7, 11) is 0. The molecule has 0 heterocycles. The van der Waals surface area contributed by atoms with Crippen LogP contribution in [0.2, 0.25) is 0 Å². The van der Waals surface area contributed by atoms with Gasteiger partial charge >= 0.3 is 0 Å². The Morgan fingerprint density at radius 1 is 1.05 bits per heavy atom. The summed E-state index contributed by atoms with van der Waals surface area (Å²) in [5.41, 5.74) is 3.98. The summed E-state index contributed by atoms with van der Waals surface area (Å²) in [6, 6.07) is 7.04. The third-order valence-corrected chi connectivity index (χ3v) is 3.57. The lowest BCUT2D eigenvalue weighted by molar-refractivity contribution is 0.0835. The van der Waals surface area contributed by atoms with Crippen molar-refractivity contribution in [1.29, 1.82) is 0 Å². The highest BCUT2D eigenvalue weighted by Gasteiger charge is 2.12. The second kappa shape index (κ2) is 9.15. The first-order valence-corrected chi connectivity index (χ1v) is 7.96. The highest BCUT2D eigenvalue weighted by Crippen LogP contribution is 2.18. The molecule has 0 aromatic heterocycles. The van der Waals surface area contributed by atoms with E-state index in [4.69, 9.17) is 4.74 Å². The Morgan fingerprint density at radius 3 is 2.25 bits per heavy atom. The summed E-state index contributed by atoms with van der Waals surface area (Å²) in [6.45, 7) is 13.5. The average molecular weight is 277 g/mol. The molecule has 0 saturated heterocycles. The van der Waals surface area contributed by atoms with Crippen LogP contribution < -0.4 is 5.32 Å². The number of rotatable bonds is 9. The van der Waals surface area contributed by atoms with E-state index in [9.17, 15) is 0 Å². The molecule has 1 aromatic carbocycles. The van der Waals surface area contributed by atoms with Gasteiger partial charge in [0.25, 0.3) is 0 Å². The maximum absolute atomic E-state index is 5.93. The summed E-state index contributed by atoms with van der Waals surface area (Å²) in [5.74, 6) is 0.654. The van der Waals surface area contributed by atoms with Crippen LogP contribution in [0.3, 0.4) is 0 Å². The maximum Gasteiger partial charge on any atom is 0.0661 e. The Bertz CT molecular complexity index is 369. The summed E-state index contributed by atoms with van der Waals surface area (Å²) < 4.78 is 5.93. The third kappa shape index (κ3) is 6.06. The highest BCUT2D eigenvalue weighted by atomic mass is 16.5. The van der Waals surface area contributed by atoms with E-state index in [0.717, 1.165) is 19.8 Å². The molecule has 2 nitrogen and oxygen atoms in total. The van der Waals surface area contributed by atoms with E-state index >= 15 is 0 Å². The number of hydrogen-bond acceptors (Lipinski definition) is 2. The van der Waals surface area contributed by atoms with E-state index in [-0.39, 0.29) is 0 Å². The van der Waals surface area contributed by atoms with Crippen LogP contribution in [0.1, 0.15) is 56.3 Å². The number of ether oxygens (including phenoxy) is 1. The van der Waals surface area contributed by atoms with Crippen molar-refractivity contribution in [2.24, 2.45) is 5.92 Å². The van der Waals surface area contributed by atoms with Crippen LogP contribution in [0.5, 0.6) is 0 Å². The molecular formula is C18H31NO. The van der Waals surface area contributed by atoms with E-state index in [1.165, 1.54) is 29.5 Å². The molecule has 2 heteroatoms. The van der Waals surface area contributed by atoms with Crippen molar-refractivity contribution in [3.05, 3.63) is 34.9 Å². The van der Waals surface area contributed by atoms with Crippen LogP contribution in [0.15, 0.2) is 18.2 Å². The van der Waals surface area contributed by atoms with Gasteiger partial charge in [0.05, 0.1) is 12.6 Å². The zero-order valence-electron chi connectivity index (χ0n) is 13.8. The van der Waals surface area contributed by atoms with Gasteiger partial charge in [-0.2, -0.15) is 0 Å². The van der Waals surface area contributed by atoms with Gasteiger partial charge in [0.1, 0.15) is 0 Å². The molecule has 2 unspecified atom stereocenters. The van der Waals surface area contributed by atoms with E-state index in [0.29, 0.717) is 12.0 Å². The minimum atomic E-state index is 0.299. The van der Waals surface area contributed by atoms with Crippen LogP contribution in [-0.4, -0.2) is 19.8 Å². The van der Waals surface area contributed by atoms with Gasteiger partial charge in [-0.25, -0.2) is 0 Å². The quantitative estimate of drug-likeness (QED) is 0.722. The standard InChI is InChI=1S/C18H31NO/c1-6-8-14(3)12-20-13-18(19-7-2)17-10-15(4)9-16(5)11-17/h9-11,14,18-19H,6-8,12-13H2,1-5H3. The van der Waals surface area contributed by atoms with E-state index in [1.807, 2.05) is 0 Å². The van der Waals surface area contributed by atoms with Gasteiger partial charge < -0.3 is 10.1 Å². The van der Waals surface area contributed by atoms with Crippen LogP contribution in [0, 0.1) is 19.8 Å². The highest BCUT2D eigenvalue weighted by molar-refractivity contribution is 5.30. The fourth-order valence-electron chi connectivity index (χ4n) is 2.69. The molecule has 0 amide bonds. The first kappa shape index (κ1) is 17.2. The fourth-order valence-corrected chi connectivity index (χ4v) is 2.69. The van der Waals surface area contributed by atoms with Gasteiger partial charge in [0, 0.05) is 6.61 Å². The molecule has 1 rings (SSSR count). The Kier molecular flexibility index (Phi) is 7.86. The van der Waals surface area contributed by atoms with Crippen molar-refractivity contribution < 1.29 is 4.74 Å². The molecule has 0 radical (unpaired) electrons. The second-order valence-corrected chi connectivity index (χ2v) is 5.96. The van der Waals surface area contributed by atoms with Gasteiger partial charge in [-0.05, 0) is 38.3 Å². The predicted octanol–water partition coefficient (Wildman–Crippen LogP) is 4.41. The molecule has 0 fully saturated rings. The number of hydrogen-bond donors (Lipinski definition) is 1. The molecular weight excluding hydrogens is 246 g/mol. The molecule has 1 N–H and O–H groups in total. The molecule has 0 bridgehead atoms. The average Bonchev–Trinajstić information content (AvgIpc) is 2.37. The van der Waals surface area contributed by atoms with E-state index < -0.39 is 0 Å². The molecule has 0 aliphatic heterocycles. The minimum absolute atomic E-state index is 0.299. The summed E-state index contributed by atoms with van der Waals surface area (Å²) in [4.78, 5) is 0. The summed E-state index contributed by atoms with van der Waals surface area (Å²) in [6.07, 6.45) is 2.48. The Balaban J connectivity index is 2.59. The lowest BCUT2D eigenvalue weighted by atomic mass is 10.0. The maximum atomic E-state index is 5.93. The van der Waals surface area contributed by atoms with Crippen molar-refractivity contribution >= 4 is 0 Å². The van der Waals surface area contributed by atoms with E-state index in [1.54, 1.807) is 0 Å². The zero-order chi connectivity index (χ0) is 15.0. The minimum Gasteiger partial charge on any atom is -0.379 e. The monoisotopic (exact) mass is 277 g/mol. The van der Waals surface area contributed by atoms with E-state index in [2.05, 4.69) is 58.1 Å². The van der Waals surface area contributed by atoms with Crippen molar-refractivity contribution in [1.82, 2.24) is 5.32 Å². The molecule has 0 aliphatic rings. The molecule has 114 valence electrons. The second-order valence-electron chi connectivity index (χ2n) is 5.96. The first-order valence-electron chi connectivity index (χ1n) is 7.96. The van der Waals surface area contributed by atoms with Crippen LogP contribution in [0.25, 0.3) is 0 Å². The SMILES string of the molecule is CCCC(C)COCC(NCC)c1cc(C)cc(C)c1. The summed E-state index contributed by atoms with van der Waals surface area (Å²) in [5, 5.41) is 3.53. The molecule has 2 atom stereocenters. The largest absolute Gasteiger partial charge is 0.379 e. The van der Waals surface area contributed by atoms with Gasteiger partial charge in [-0.3, -0.25) is 0 Å². The first-order chi connectivity index (χ1) is 9.56. The normalized spacial score (nSPS) is 14.2. The van der Waals surface area contributed by atoms with Crippen molar-refractivity contribution in [2.75, 3.05) is 19.8 Å². The molecule has 1 aromatic rings. The lowest BCUT2D eigenvalue weighted by Gasteiger charge is -2.21. The van der Waals surface area contributed by atoms with Gasteiger partial charge in [0.15, 0.2) is 0 Å². The van der Waals surface area contributed by atoms with Gasteiger partial charge in [0.2, 0.25) is 0 Å². The molecule has 0 saturated carbocycles. The van der Waals surface area contributed by atoms with Gasteiger partial charge in [-0.1, -0.05) is 56.5 Å². The van der Waals surface area contributed by atoms with Crippen molar-refractivity contribution in [3.8, 4) is 0 Å². The Hall–Kier alpha value is -0.860. The summed E-state index contributed by atoms with van der Waals surface area (Å²) >= 11 is 0. The Labute approximate surface area is 124 Å². The van der Waals surface area contributed by atoms with Crippen LogP contribution >= 0.6 is 0 Å². The Morgan fingerprint density at radius 2 is 1.70 bits per heavy atom. The number of nitrogens with one attached hydrogen (secondary N) is 1. The van der Waals surface area contributed by atoms with Gasteiger partial charge in [-0.15, -0.1) is 0 Å². The zero-order valence-corrected chi connectivity index (χ0v) is 13.8. The number of benzene rings is 1. The smallest absolute Gasteiger partial charge is 0.0661 e. The van der Waals surface area contributed by atoms with Crippen LogP contribution in [-0.2, 0) is 4.74 Å². The predicted molar refractivity (Wildman–Crippen MR) is 87.2 cm³/mol.